The van der Waals surface area contributed by atoms with Crippen molar-refractivity contribution in [1.29, 1.82) is 0 Å². The molecule has 0 radical (unpaired) electrons. The number of aromatic nitrogens is 5. The summed E-state index contributed by atoms with van der Waals surface area (Å²) >= 11 is 0. The number of aryl methyl sites for hydroxylation is 3. The number of hydrogen-bond acceptors (Lipinski definition) is 7. The highest BCUT2D eigenvalue weighted by atomic mass is 16.2. The van der Waals surface area contributed by atoms with Crippen molar-refractivity contribution in [3.8, 4) is 11.1 Å². The van der Waals surface area contributed by atoms with Crippen LogP contribution in [0.1, 0.15) is 54.3 Å². The van der Waals surface area contributed by atoms with E-state index in [4.69, 9.17) is 0 Å². The monoisotopic (exact) mass is 525 g/mol. The van der Waals surface area contributed by atoms with Crippen molar-refractivity contribution in [2.45, 2.75) is 66.1 Å². The zero-order chi connectivity index (χ0) is 27.8. The fourth-order valence-corrected chi connectivity index (χ4v) is 5.11. The molecule has 1 aliphatic rings. The van der Waals surface area contributed by atoms with Crippen molar-refractivity contribution in [2.75, 3.05) is 5.32 Å². The molecule has 4 heterocycles. The Balaban J connectivity index is 1.42. The molecule has 0 saturated carbocycles. The van der Waals surface area contributed by atoms with Gasteiger partial charge in [0.2, 0.25) is 11.8 Å². The minimum Gasteiger partial charge on any atom is -0.326 e. The fraction of sp³-hybridized carbons (Fsp3) is 0.345. The van der Waals surface area contributed by atoms with E-state index in [1.165, 1.54) is 6.92 Å². The molecule has 200 valence electrons. The van der Waals surface area contributed by atoms with Crippen LogP contribution in [0.4, 0.5) is 5.82 Å². The van der Waals surface area contributed by atoms with E-state index in [1.54, 1.807) is 22.0 Å². The molecular weight excluding hydrogens is 494 g/mol. The van der Waals surface area contributed by atoms with Crippen LogP contribution in [0.5, 0.6) is 0 Å². The van der Waals surface area contributed by atoms with E-state index >= 15 is 0 Å². The molecule has 2 atom stereocenters. The van der Waals surface area contributed by atoms with Crippen LogP contribution in [-0.2, 0) is 16.1 Å². The second kappa shape index (κ2) is 10.4. The third-order valence-corrected chi connectivity index (χ3v) is 7.22. The van der Waals surface area contributed by atoms with Gasteiger partial charge in [0.05, 0.1) is 5.52 Å². The summed E-state index contributed by atoms with van der Waals surface area (Å²) in [6.07, 6.45) is 4.74. The lowest BCUT2D eigenvalue weighted by molar-refractivity contribution is -0.139. The largest absolute Gasteiger partial charge is 0.326 e. The third kappa shape index (κ3) is 5.14. The molecule has 2 amide bonds. The van der Waals surface area contributed by atoms with E-state index in [1.807, 2.05) is 58.0 Å². The quantitative estimate of drug-likeness (QED) is 0.377. The summed E-state index contributed by atoms with van der Waals surface area (Å²) in [5, 5.41) is 8.08. The lowest BCUT2D eigenvalue weighted by Crippen LogP contribution is -2.47. The molecule has 3 aromatic heterocycles. The molecule has 1 N–H and O–H groups in total. The Morgan fingerprint density at radius 1 is 1.00 bits per heavy atom. The Labute approximate surface area is 226 Å². The number of nitrogens with one attached hydrogen (secondary N) is 1. The number of benzene rings is 1. The lowest BCUT2D eigenvalue weighted by Gasteiger charge is -2.28. The standard InChI is InChI=1S/C29H31N7O3/c1-16-6-7-17(2)32-28(16)33-29(39)25-10-8-18(3)36(25)26(38)15-35-24-11-9-21(22-13-30-20(5)31-14-22)12-23(24)27(34-35)19(4)37/h6-7,9,11-14,18,25H,8,10,15H2,1-5H3,(H,32,33,39)/t18-,25-/m0/s1. The Kier molecular flexibility index (Phi) is 6.94. The van der Waals surface area contributed by atoms with Gasteiger partial charge in [0.1, 0.15) is 29.9 Å². The van der Waals surface area contributed by atoms with Crippen LogP contribution in [0.2, 0.25) is 0 Å². The van der Waals surface area contributed by atoms with Crippen molar-refractivity contribution in [3.63, 3.8) is 0 Å². The van der Waals surface area contributed by atoms with E-state index in [0.717, 1.165) is 22.4 Å². The predicted molar refractivity (Wildman–Crippen MR) is 147 cm³/mol. The Hall–Kier alpha value is -4.47. The van der Waals surface area contributed by atoms with Crippen molar-refractivity contribution in [3.05, 3.63) is 65.5 Å². The normalized spacial score (nSPS) is 17.0. The van der Waals surface area contributed by atoms with Crippen molar-refractivity contribution in [1.82, 2.24) is 29.6 Å². The molecule has 0 bridgehead atoms. The highest BCUT2D eigenvalue weighted by Gasteiger charge is 2.39. The summed E-state index contributed by atoms with van der Waals surface area (Å²) in [5.74, 6) is 0.490. The summed E-state index contributed by atoms with van der Waals surface area (Å²) in [6, 6.07) is 8.69. The van der Waals surface area contributed by atoms with Crippen LogP contribution in [0, 0.1) is 20.8 Å². The molecular formula is C29H31N7O3. The third-order valence-electron chi connectivity index (χ3n) is 7.22. The molecule has 1 aromatic carbocycles. The van der Waals surface area contributed by atoms with Crippen molar-refractivity contribution >= 4 is 34.3 Å². The number of amides is 2. The van der Waals surface area contributed by atoms with Gasteiger partial charge < -0.3 is 10.2 Å². The highest BCUT2D eigenvalue weighted by Crippen LogP contribution is 2.29. The van der Waals surface area contributed by atoms with E-state index in [-0.39, 0.29) is 35.9 Å². The minimum atomic E-state index is -0.614. The molecule has 5 rings (SSSR count). The lowest BCUT2D eigenvalue weighted by atomic mass is 10.0. The first-order valence-corrected chi connectivity index (χ1v) is 13.0. The average molecular weight is 526 g/mol. The van der Waals surface area contributed by atoms with Crippen LogP contribution >= 0.6 is 0 Å². The molecule has 10 nitrogen and oxygen atoms in total. The summed E-state index contributed by atoms with van der Waals surface area (Å²) in [5.41, 5.74) is 4.28. The summed E-state index contributed by atoms with van der Waals surface area (Å²) < 4.78 is 1.55. The molecule has 0 unspecified atom stereocenters. The fourth-order valence-electron chi connectivity index (χ4n) is 5.11. The highest BCUT2D eigenvalue weighted by molar-refractivity contribution is 6.06. The van der Waals surface area contributed by atoms with Crippen LogP contribution in [0.3, 0.4) is 0 Å². The van der Waals surface area contributed by atoms with Crippen LogP contribution in [-0.4, -0.2) is 59.3 Å². The van der Waals surface area contributed by atoms with Gasteiger partial charge in [0.25, 0.3) is 0 Å². The molecule has 1 saturated heterocycles. The Bertz CT molecular complexity index is 1590. The second-order valence-corrected chi connectivity index (χ2v) is 10.2. The number of pyridine rings is 1. The number of carbonyl (C=O) groups is 3. The molecule has 0 spiro atoms. The maximum atomic E-state index is 13.6. The number of ketones is 1. The number of fused-ring (bicyclic) bond motifs is 1. The smallest absolute Gasteiger partial charge is 0.248 e. The van der Waals surface area contributed by atoms with E-state index in [2.05, 4.69) is 25.4 Å². The molecule has 0 aliphatic carbocycles. The van der Waals surface area contributed by atoms with Gasteiger partial charge >= 0.3 is 0 Å². The molecule has 10 heteroatoms. The number of likely N-dealkylation sites (tertiary alicyclic amines) is 1. The second-order valence-electron chi connectivity index (χ2n) is 10.2. The van der Waals surface area contributed by atoms with Crippen LogP contribution < -0.4 is 5.32 Å². The van der Waals surface area contributed by atoms with Crippen molar-refractivity contribution < 1.29 is 14.4 Å². The topological polar surface area (TPSA) is 123 Å². The van der Waals surface area contributed by atoms with E-state index < -0.39 is 6.04 Å². The van der Waals surface area contributed by atoms with E-state index in [0.29, 0.717) is 35.4 Å². The number of nitrogens with zero attached hydrogens (tertiary/aromatic N) is 6. The van der Waals surface area contributed by atoms with Gasteiger partial charge in [-0.2, -0.15) is 5.10 Å². The van der Waals surface area contributed by atoms with Gasteiger partial charge in [0.15, 0.2) is 5.78 Å². The van der Waals surface area contributed by atoms with Gasteiger partial charge in [0, 0.05) is 42.0 Å². The minimum absolute atomic E-state index is 0.0907. The first kappa shape index (κ1) is 26.1. The average Bonchev–Trinajstić information content (AvgIpc) is 3.47. The van der Waals surface area contributed by atoms with Gasteiger partial charge in [-0.1, -0.05) is 12.1 Å². The summed E-state index contributed by atoms with van der Waals surface area (Å²) in [6.45, 7) is 8.88. The number of rotatable bonds is 6. The van der Waals surface area contributed by atoms with Gasteiger partial charge in [-0.25, -0.2) is 15.0 Å². The zero-order valence-corrected chi connectivity index (χ0v) is 22.7. The number of carbonyl (C=O) groups excluding carboxylic acids is 3. The molecule has 4 aromatic rings. The number of hydrogen-bond donors (Lipinski definition) is 1. The summed E-state index contributed by atoms with van der Waals surface area (Å²) in [4.78, 5) is 54.0. The first-order chi connectivity index (χ1) is 18.6. The van der Waals surface area contributed by atoms with Crippen molar-refractivity contribution in [2.24, 2.45) is 0 Å². The van der Waals surface area contributed by atoms with Gasteiger partial charge in [-0.3, -0.25) is 19.1 Å². The van der Waals surface area contributed by atoms with E-state index in [9.17, 15) is 14.4 Å². The predicted octanol–water partition coefficient (Wildman–Crippen LogP) is 4.03. The summed E-state index contributed by atoms with van der Waals surface area (Å²) in [7, 11) is 0. The maximum Gasteiger partial charge on any atom is 0.248 e. The Morgan fingerprint density at radius 2 is 1.74 bits per heavy atom. The van der Waals surface area contributed by atoms with Crippen LogP contribution in [0.15, 0.2) is 42.7 Å². The van der Waals surface area contributed by atoms with Gasteiger partial charge in [-0.15, -0.1) is 0 Å². The first-order valence-electron chi connectivity index (χ1n) is 13.0. The number of Topliss-reactive ketones (excluding diaryl/α,β-unsaturated/α-hetero) is 1. The maximum absolute atomic E-state index is 13.6. The van der Waals surface area contributed by atoms with Gasteiger partial charge in [-0.05, 0) is 69.9 Å². The molecule has 39 heavy (non-hydrogen) atoms. The molecule has 1 aliphatic heterocycles. The van der Waals surface area contributed by atoms with Crippen LogP contribution in [0.25, 0.3) is 22.0 Å². The zero-order valence-electron chi connectivity index (χ0n) is 22.7. The SMILES string of the molecule is CC(=O)c1nn(CC(=O)N2[C@@H](C)CC[C@H]2C(=O)Nc2nc(C)ccc2C)c2ccc(-c3cnc(C)nc3)cc12. The Morgan fingerprint density at radius 3 is 2.46 bits per heavy atom. The number of anilines is 1. The molecule has 1 fully saturated rings.